The topological polar surface area (TPSA) is 43.4 Å². The normalized spacial score (nSPS) is 9.81. The Hall–Kier alpha value is -1.29. The van der Waals surface area contributed by atoms with Crippen LogP contribution in [0.25, 0.3) is 0 Å². The molecule has 4 heteroatoms. The van der Waals surface area contributed by atoms with E-state index in [2.05, 4.69) is 0 Å². The molecule has 0 spiro atoms. The van der Waals surface area contributed by atoms with Gasteiger partial charge in [0, 0.05) is 11.3 Å². The van der Waals surface area contributed by atoms with Gasteiger partial charge in [-0.05, 0) is 30.7 Å². The summed E-state index contributed by atoms with van der Waals surface area (Å²) in [6.45, 7) is 1.93. The van der Waals surface area contributed by atoms with Crippen LogP contribution in [0.3, 0.4) is 0 Å². The summed E-state index contributed by atoms with van der Waals surface area (Å²) in [6.07, 6.45) is 2.08. The largest absolute Gasteiger partial charge is 0.427 e. The standard InChI is InChI=1S/C12H14O3S/c1-2-3-12(14)15-10-4-6-11(7-5-10)16-9-8-13/h4-8H,2-3,9H2,1H3. The van der Waals surface area contributed by atoms with E-state index in [9.17, 15) is 9.59 Å². The van der Waals surface area contributed by atoms with Crippen LogP contribution in [-0.2, 0) is 9.59 Å². The first-order valence-electron chi connectivity index (χ1n) is 5.13. The smallest absolute Gasteiger partial charge is 0.311 e. The summed E-state index contributed by atoms with van der Waals surface area (Å²) in [7, 11) is 0. The lowest BCUT2D eigenvalue weighted by atomic mass is 10.3. The van der Waals surface area contributed by atoms with Crippen LogP contribution in [-0.4, -0.2) is 18.0 Å². The van der Waals surface area contributed by atoms with Gasteiger partial charge in [0.15, 0.2) is 0 Å². The molecular formula is C12H14O3S. The lowest BCUT2D eigenvalue weighted by Gasteiger charge is -2.04. The van der Waals surface area contributed by atoms with E-state index >= 15 is 0 Å². The minimum absolute atomic E-state index is 0.212. The minimum Gasteiger partial charge on any atom is -0.427 e. The highest BCUT2D eigenvalue weighted by Gasteiger charge is 2.02. The predicted molar refractivity (Wildman–Crippen MR) is 63.8 cm³/mol. The first-order valence-corrected chi connectivity index (χ1v) is 6.12. The van der Waals surface area contributed by atoms with Crippen LogP contribution in [0.2, 0.25) is 0 Å². The molecule has 0 amide bonds. The summed E-state index contributed by atoms with van der Waals surface area (Å²) < 4.78 is 5.10. The summed E-state index contributed by atoms with van der Waals surface area (Å²) >= 11 is 1.45. The number of carbonyl (C=O) groups excluding carboxylic acids is 2. The van der Waals surface area contributed by atoms with Gasteiger partial charge in [0.25, 0.3) is 0 Å². The van der Waals surface area contributed by atoms with Crippen molar-refractivity contribution >= 4 is 24.0 Å². The van der Waals surface area contributed by atoms with Crippen molar-refractivity contribution in [3.8, 4) is 5.75 Å². The molecule has 0 radical (unpaired) electrons. The molecule has 1 aromatic rings. The van der Waals surface area contributed by atoms with Gasteiger partial charge in [0.05, 0.1) is 5.75 Å². The van der Waals surface area contributed by atoms with E-state index in [-0.39, 0.29) is 5.97 Å². The van der Waals surface area contributed by atoms with Crippen LogP contribution in [0, 0.1) is 0 Å². The molecule has 0 aromatic heterocycles. The maximum Gasteiger partial charge on any atom is 0.311 e. The van der Waals surface area contributed by atoms with Crippen molar-refractivity contribution < 1.29 is 14.3 Å². The van der Waals surface area contributed by atoms with E-state index in [1.165, 1.54) is 11.8 Å². The zero-order valence-electron chi connectivity index (χ0n) is 9.14. The average Bonchev–Trinajstić information content (AvgIpc) is 2.28. The van der Waals surface area contributed by atoms with E-state index in [1.54, 1.807) is 12.1 Å². The lowest BCUT2D eigenvalue weighted by Crippen LogP contribution is -2.06. The molecule has 0 aliphatic heterocycles. The van der Waals surface area contributed by atoms with Gasteiger partial charge in [-0.25, -0.2) is 0 Å². The SMILES string of the molecule is CCCC(=O)Oc1ccc(SCC=O)cc1. The Kier molecular flexibility index (Phi) is 5.64. The highest BCUT2D eigenvalue weighted by Crippen LogP contribution is 2.20. The molecule has 0 saturated heterocycles. The fraction of sp³-hybridized carbons (Fsp3) is 0.333. The molecule has 16 heavy (non-hydrogen) atoms. The molecule has 0 fully saturated rings. The molecular weight excluding hydrogens is 224 g/mol. The van der Waals surface area contributed by atoms with Gasteiger partial charge in [-0.15, -0.1) is 11.8 Å². The molecule has 0 saturated carbocycles. The van der Waals surface area contributed by atoms with Crippen molar-refractivity contribution in [2.24, 2.45) is 0 Å². The Labute approximate surface area is 99.2 Å². The number of thioether (sulfide) groups is 1. The summed E-state index contributed by atoms with van der Waals surface area (Å²) in [6, 6.07) is 7.15. The Morgan fingerprint density at radius 2 is 2.06 bits per heavy atom. The van der Waals surface area contributed by atoms with E-state index in [0.29, 0.717) is 17.9 Å². The van der Waals surface area contributed by atoms with E-state index < -0.39 is 0 Å². The molecule has 0 heterocycles. The third kappa shape index (κ3) is 4.49. The third-order valence-electron chi connectivity index (χ3n) is 1.83. The number of hydrogen-bond acceptors (Lipinski definition) is 4. The number of carbonyl (C=O) groups is 2. The van der Waals surface area contributed by atoms with Gasteiger partial charge in [-0.1, -0.05) is 6.92 Å². The molecule has 0 N–H and O–H groups in total. The van der Waals surface area contributed by atoms with E-state index in [1.807, 2.05) is 19.1 Å². The molecule has 1 aromatic carbocycles. The molecule has 86 valence electrons. The number of aldehydes is 1. The van der Waals surface area contributed by atoms with Crippen LogP contribution in [0.15, 0.2) is 29.2 Å². The molecule has 0 aliphatic carbocycles. The Morgan fingerprint density at radius 1 is 1.38 bits per heavy atom. The quantitative estimate of drug-likeness (QED) is 0.331. The lowest BCUT2D eigenvalue weighted by molar-refractivity contribution is -0.134. The Balaban J connectivity index is 2.50. The molecule has 0 unspecified atom stereocenters. The number of hydrogen-bond donors (Lipinski definition) is 0. The fourth-order valence-corrected chi connectivity index (χ4v) is 1.71. The van der Waals surface area contributed by atoms with Crippen molar-refractivity contribution in [3.63, 3.8) is 0 Å². The summed E-state index contributed by atoms with van der Waals surface area (Å²) in [5.74, 6) is 0.777. The number of ether oxygens (including phenoxy) is 1. The van der Waals surface area contributed by atoms with Gasteiger partial charge in [0.2, 0.25) is 0 Å². The Bertz CT molecular complexity index is 346. The fourth-order valence-electron chi connectivity index (χ4n) is 1.12. The van der Waals surface area contributed by atoms with Gasteiger partial charge < -0.3 is 9.53 Å². The predicted octanol–water partition coefficient (Wildman–Crippen LogP) is 2.68. The van der Waals surface area contributed by atoms with Crippen LogP contribution in [0.1, 0.15) is 19.8 Å². The number of rotatable bonds is 6. The minimum atomic E-state index is -0.212. The molecule has 0 aliphatic rings. The van der Waals surface area contributed by atoms with Gasteiger partial charge in [0.1, 0.15) is 12.0 Å². The second-order valence-electron chi connectivity index (χ2n) is 3.17. The van der Waals surface area contributed by atoms with Crippen molar-refractivity contribution in [1.29, 1.82) is 0 Å². The maximum atomic E-state index is 11.2. The van der Waals surface area contributed by atoms with Crippen molar-refractivity contribution in [2.45, 2.75) is 24.7 Å². The highest BCUT2D eigenvalue weighted by atomic mass is 32.2. The van der Waals surface area contributed by atoms with Crippen LogP contribution >= 0.6 is 11.8 Å². The van der Waals surface area contributed by atoms with Crippen molar-refractivity contribution in [2.75, 3.05) is 5.75 Å². The van der Waals surface area contributed by atoms with Crippen LogP contribution < -0.4 is 4.74 Å². The maximum absolute atomic E-state index is 11.2. The first kappa shape index (κ1) is 12.8. The molecule has 0 atom stereocenters. The van der Waals surface area contributed by atoms with E-state index in [0.717, 1.165) is 17.6 Å². The summed E-state index contributed by atoms with van der Waals surface area (Å²) in [4.78, 5) is 22.4. The third-order valence-corrected chi connectivity index (χ3v) is 2.74. The van der Waals surface area contributed by atoms with Gasteiger partial charge in [-0.3, -0.25) is 4.79 Å². The van der Waals surface area contributed by atoms with Crippen LogP contribution in [0.5, 0.6) is 5.75 Å². The van der Waals surface area contributed by atoms with Crippen molar-refractivity contribution in [3.05, 3.63) is 24.3 Å². The Morgan fingerprint density at radius 3 is 2.62 bits per heavy atom. The second-order valence-corrected chi connectivity index (χ2v) is 4.27. The number of benzene rings is 1. The van der Waals surface area contributed by atoms with Crippen molar-refractivity contribution in [1.82, 2.24) is 0 Å². The zero-order valence-corrected chi connectivity index (χ0v) is 9.96. The number of esters is 1. The average molecular weight is 238 g/mol. The monoisotopic (exact) mass is 238 g/mol. The van der Waals surface area contributed by atoms with Gasteiger partial charge >= 0.3 is 5.97 Å². The van der Waals surface area contributed by atoms with Crippen LogP contribution in [0.4, 0.5) is 0 Å². The second kappa shape index (κ2) is 7.06. The van der Waals surface area contributed by atoms with Gasteiger partial charge in [-0.2, -0.15) is 0 Å². The first-order chi connectivity index (χ1) is 7.76. The highest BCUT2D eigenvalue weighted by molar-refractivity contribution is 7.99. The summed E-state index contributed by atoms with van der Waals surface area (Å²) in [5.41, 5.74) is 0. The molecule has 3 nitrogen and oxygen atoms in total. The molecule has 1 rings (SSSR count). The summed E-state index contributed by atoms with van der Waals surface area (Å²) in [5, 5.41) is 0. The van der Waals surface area contributed by atoms with E-state index in [4.69, 9.17) is 4.74 Å². The zero-order chi connectivity index (χ0) is 11.8. The molecule has 0 bridgehead atoms.